The van der Waals surface area contributed by atoms with E-state index in [-0.39, 0.29) is 29.6 Å². The van der Waals surface area contributed by atoms with Crippen molar-refractivity contribution < 1.29 is 18.4 Å². The molecule has 5 nitrogen and oxygen atoms in total. The van der Waals surface area contributed by atoms with E-state index >= 15 is 0 Å². The van der Waals surface area contributed by atoms with Crippen LogP contribution in [0.3, 0.4) is 0 Å². The molecule has 0 bridgehead atoms. The lowest BCUT2D eigenvalue weighted by atomic mass is 10.1. The van der Waals surface area contributed by atoms with E-state index in [1.54, 1.807) is 53.6 Å². The zero-order chi connectivity index (χ0) is 21.1. The first kappa shape index (κ1) is 20.5. The molecule has 2 atom stereocenters. The van der Waals surface area contributed by atoms with Crippen LogP contribution in [-0.2, 0) is 11.3 Å². The summed E-state index contributed by atoms with van der Waals surface area (Å²) in [4.78, 5) is 27.9. The van der Waals surface area contributed by atoms with Crippen molar-refractivity contribution in [3.8, 4) is 0 Å². The highest BCUT2D eigenvalue weighted by Gasteiger charge is 2.43. The molecule has 2 amide bonds. The van der Waals surface area contributed by atoms with Crippen LogP contribution in [0.5, 0.6) is 0 Å². The first-order chi connectivity index (χ1) is 14.5. The maximum absolute atomic E-state index is 13.4. The number of rotatable bonds is 5. The molecule has 0 saturated carbocycles. The Bertz CT molecular complexity index is 1040. The number of amides is 2. The van der Waals surface area contributed by atoms with Gasteiger partial charge >= 0.3 is 0 Å². The van der Waals surface area contributed by atoms with Crippen molar-refractivity contribution in [3.05, 3.63) is 94.7 Å². The number of halogens is 2. The summed E-state index contributed by atoms with van der Waals surface area (Å²) < 4.78 is 18.3. The second kappa shape index (κ2) is 8.93. The highest BCUT2D eigenvalue weighted by Crippen LogP contribution is 2.43. The number of carbonyl (C=O) groups excluding carboxylic acids is 2. The van der Waals surface area contributed by atoms with Crippen LogP contribution in [0.2, 0.25) is 5.02 Å². The molecule has 0 aliphatic carbocycles. The smallest absolute Gasteiger partial charge is 0.257 e. The predicted molar refractivity (Wildman–Crippen MR) is 114 cm³/mol. The summed E-state index contributed by atoms with van der Waals surface area (Å²) in [5, 5.41) is 2.81. The topological polar surface area (TPSA) is 62.6 Å². The summed E-state index contributed by atoms with van der Waals surface area (Å²) in [7, 11) is 0. The van der Waals surface area contributed by atoms with Crippen molar-refractivity contribution in [1.82, 2.24) is 10.2 Å². The van der Waals surface area contributed by atoms with Crippen LogP contribution >= 0.6 is 23.4 Å². The van der Waals surface area contributed by atoms with Gasteiger partial charge in [-0.25, -0.2) is 4.39 Å². The Hall–Kier alpha value is -2.77. The summed E-state index contributed by atoms with van der Waals surface area (Å²) in [5.41, 5.74) is 1.91. The first-order valence-electron chi connectivity index (χ1n) is 9.27. The average Bonchev–Trinajstić information content (AvgIpc) is 3.42. The second-order valence-corrected chi connectivity index (χ2v) is 8.32. The number of hydrogen-bond donors (Lipinski definition) is 1. The lowest BCUT2D eigenvalue weighted by molar-refractivity contribution is -0.125. The maximum Gasteiger partial charge on any atom is 0.257 e. The zero-order valence-corrected chi connectivity index (χ0v) is 17.3. The molecule has 1 aromatic heterocycles. The van der Waals surface area contributed by atoms with E-state index in [0.29, 0.717) is 16.3 Å². The van der Waals surface area contributed by atoms with E-state index < -0.39 is 6.04 Å². The number of furan rings is 1. The van der Waals surface area contributed by atoms with Crippen LogP contribution in [0.4, 0.5) is 4.39 Å². The number of benzene rings is 2. The molecular weight excluding hydrogens is 427 g/mol. The minimum absolute atomic E-state index is 0.241. The number of carbonyl (C=O) groups is 2. The molecule has 30 heavy (non-hydrogen) atoms. The van der Waals surface area contributed by atoms with Gasteiger partial charge in [0.25, 0.3) is 5.91 Å². The SMILES string of the molecule is O=C(NCc1ccc(F)cc1)C1CSC(c2ccoc2)N1C(=O)c1ccccc1Cl. The van der Waals surface area contributed by atoms with Crippen molar-refractivity contribution in [3.63, 3.8) is 0 Å². The highest BCUT2D eigenvalue weighted by atomic mass is 35.5. The lowest BCUT2D eigenvalue weighted by Gasteiger charge is -2.28. The summed E-state index contributed by atoms with van der Waals surface area (Å²) >= 11 is 7.74. The van der Waals surface area contributed by atoms with Gasteiger partial charge in [-0.1, -0.05) is 35.9 Å². The van der Waals surface area contributed by atoms with Gasteiger partial charge in [0.2, 0.25) is 5.91 Å². The molecular formula is C22H18ClFN2O3S. The fourth-order valence-electron chi connectivity index (χ4n) is 3.31. The van der Waals surface area contributed by atoms with Gasteiger partial charge in [0.15, 0.2) is 0 Å². The minimum Gasteiger partial charge on any atom is -0.472 e. The number of hydrogen-bond acceptors (Lipinski definition) is 4. The molecule has 1 saturated heterocycles. The molecule has 2 heterocycles. The van der Waals surface area contributed by atoms with Gasteiger partial charge < -0.3 is 14.6 Å². The average molecular weight is 445 g/mol. The van der Waals surface area contributed by atoms with E-state index in [4.69, 9.17) is 16.0 Å². The normalized spacial score (nSPS) is 18.4. The van der Waals surface area contributed by atoms with E-state index in [1.165, 1.54) is 30.2 Å². The Morgan fingerprint density at radius 1 is 1.17 bits per heavy atom. The zero-order valence-electron chi connectivity index (χ0n) is 15.8. The Balaban J connectivity index is 1.57. The third-order valence-electron chi connectivity index (χ3n) is 4.85. The van der Waals surface area contributed by atoms with Crippen LogP contribution in [-0.4, -0.2) is 28.5 Å². The van der Waals surface area contributed by atoms with Crippen LogP contribution in [0.1, 0.15) is 26.9 Å². The van der Waals surface area contributed by atoms with Gasteiger partial charge in [-0.2, -0.15) is 0 Å². The minimum atomic E-state index is -0.681. The molecule has 1 N–H and O–H groups in total. The third-order valence-corrected chi connectivity index (χ3v) is 6.50. The van der Waals surface area contributed by atoms with Crippen molar-refractivity contribution >= 4 is 35.2 Å². The summed E-state index contributed by atoms with van der Waals surface area (Å²) in [6.45, 7) is 0.241. The van der Waals surface area contributed by atoms with E-state index in [2.05, 4.69) is 5.32 Å². The molecule has 1 aliphatic heterocycles. The quantitative estimate of drug-likeness (QED) is 0.622. The molecule has 1 aliphatic rings. The Morgan fingerprint density at radius 2 is 1.93 bits per heavy atom. The fraction of sp³-hybridized carbons (Fsp3) is 0.182. The molecule has 2 unspecified atom stereocenters. The summed E-state index contributed by atoms with van der Waals surface area (Å²) in [6.07, 6.45) is 3.11. The van der Waals surface area contributed by atoms with Gasteiger partial charge in [0, 0.05) is 17.9 Å². The monoisotopic (exact) mass is 444 g/mol. The molecule has 154 valence electrons. The van der Waals surface area contributed by atoms with Gasteiger partial charge in [-0.15, -0.1) is 11.8 Å². The van der Waals surface area contributed by atoms with Gasteiger partial charge in [-0.3, -0.25) is 9.59 Å². The molecule has 1 fully saturated rings. The van der Waals surface area contributed by atoms with E-state index in [9.17, 15) is 14.0 Å². The molecule has 0 spiro atoms. The summed E-state index contributed by atoms with van der Waals surface area (Å²) in [5.74, 6) is -0.505. The molecule has 8 heteroatoms. The predicted octanol–water partition coefficient (Wildman–Crippen LogP) is 4.64. The number of thioether (sulfide) groups is 1. The van der Waals surface area contributed by atoms with Gasteiger partial charge in [0.05, 0.1) is 23.1 Å². The first-order valence-corrected chi connectivity index (χ1v) is 10.7. The highest BCUT2D eigenvalue weighted by molar-refractivity contribution is 7.99. The van der Waals surface area contributed by atoms with Crippen LogP contribution in [0.15, 0.2) is 71.5 Å². The largest absolute Gasteiger partial charge is 0.472 e. The number of nitrogens with zero attached hydrogens (tertiary/aromatic N) is 1. The maximum atomic E-state index is 13.4. The van der Waals surface area contributed by atoms with Crippen LogP contribution in [0.25, 0.3) is 0 Å². The molecule has 2 aromatic carbocycles. The number of nitrogens with one attached hydrogen (secondary N) is 1. The van der Waals surface area contributed by atoms with Gasteiger partial charge in [-0.05, 0) is 35.9 Å². The second-order valence-electron chi connectivity index (χ2n) is 6.79. The van der Waals surface area contributed by atoms with E-state index in [0.717, 1.165) is 11.1 Å². The Kier molecular flexibility index (Phi) is 6.11. The molecule has 3 aromatic rings. The standard InChI is InChI=1S/C22H18ClFN2O3S/c23-18-4-2-1-3-17(18)21(28)26-19(13-30-22(26)15-9-10-29-12-15)20(27)25-11-14-5-7-16(24)8-6-14/h1-10,12,19,22H,11,13H2,(H,25,27). The van der Waals surface area contributed by atoms with Crippen molar-refractivity contribution in [2.45, 2.75) is 18.0 Å². The molecule has 4 rings (SSSR count). The van der Waals surface area contributed by atoms with Gasteiger partial charge in [0.1, 0.15) is 17.2 Å². The third kappa shape index (κ3) is 4.22. The van der Waals surface area contributed by atoms with Crippen molar-refractivity contribution in [2.75, 3.05) is 5.75 Å². The van der Waals surface area contributed by atoms with Crippen molar-refractivity contribution in [1.29, 1.82) is 0 Å². The van der Waals surface area contributed by atoms with Crippen molar-refractivity contribution in [2.24, 2.45) is 0 Å². The van der Waals surface area contributed by atoms with Crippen LogP contribution in [0, 0.1) is 5.82 Å². The fourth-order valence-corrected chi connectivity index (χ4v) is 4.93. The van der Waals surface area contributed by atoms with E-state index in [1.807, 2.05) is 0 Å². The van der Waals surface area contributed by atoms with Crippen LogP contribution < -0.4 is 5.32 Å². The Morgan fingerprint density at radius 3 is 2.63 bits per heavy atom. The molecule has 0 radical (unpaired) electrons. The Labute approximate surface area is 182 Å². The summed E-state index contributed by atoms with van der Waals surface area (Å²) in [6, 6.07) is 13.8. The lowest BCUT2D eigenvalue weighted by Crippen LogP contribution is -2.47.